The molecule has 0 saturated carbocycles. The molecule has 0 bridgehead atoms. The number of nitrogens with one attached hydrogen (secondary N) is 2. The maximum absolute atomic E-state index is 11.9. The van der Waals surface area contributed by atoms with E-state index in [9.17, 15) is 4.79 Å². The lowest BCUT2D eigenvalue weighted by molar-refractivity contribution is 0.123. The zero-order valence-corrected chi connectivity index (χ0v) is 19.6. The number of hydrogen-bond acceptors (Lipinski definition) is 7. The molecular weight excluding hydrogens is 432 g/mol. The Balaban J connectivity index is 1.45. The van der Waals surface area contributed by atoms with Gasteiger partial charge in [-0.3, -0.25) is 5.43 Å². The summed E-state index contributed by atoms with van der Waals surface area (Å²) < 4.78 is 7.56. The quantitative estimate of drug-likeness (QED) is 0.413. The Kier molecular flexibility index (Phi) is 6.31. The molecule has 2 aliphatic heterocycles. The number of carbonyl (C=O) groups is 1. The van der Waals surface area contributed by atoms with Gasteiger partial charge < -0.3 is 24.4 Å². The van der Waals surface area contributed by atoms with Crippen molar-refractivity contribution in [1.29, 1.82) is 0 Å². The molecule has 2 aliphatic rings. The van der Waals surface area contributed by atoms with E-state index in [1.54, 1.807) is 6.33 Å². The predicted octanol–water partition coefficient (Wildman–Crippen LogP) is 2.44. The summed E-state index contributed by atoms with van der Waals surface area (Å²) in [7, 11) is 0. The Morgan fingerprint density at radius 2 is 2.06 bits per heavy atom. The summed E-state index contributed by atoms with van der Waals surface area (Å²) in [5.74, 6) is 0.654. The third-order valence-electron chi connectivity index (χ3n) is 6.23. The first kappa shape index (κ1) is 22.1. The van der Waals surface area contributed by atoms with Gasteiger partial charge in [0.2, 0.25) is 0 Å². The van der Waals surface area contributed by atoms with Gasteiger partial charge in [0.1, 0.15) is 5.52 Å². The molecule has 4 heterocycles. The summed E-state index contributed by atoms with van der Waals surface area (Å²) in [4.78, 5) is 25.6. The summed E-state index contributed by atoms with van der Waals surface area (Å²) in [6, 6.07) is 10.2. The van der Waals surface area contributed by atoms with Gasteiger partial charge >= 0.3 is 6.03 Å². The van der Waals surface area contributed by atoms with Crippen LogP contribution in [0.1, 0.15) is 18.1 Å². The van der Waals surface area contributed by atoms with Gasteiger partial charge in [-0.25, -0.2) is 14.8 Å². The molecule has 10 heteroatoms. The minimum atomic E-state index is -0.0188. The number of carbonyl (C=O) groups excluding carboxylic acids is 1. The van der Waals surface area contributed by atoms with E-state index < -0.39 is 0 Å². The molecule has 2 amide bonds. The highest BCUT2D eigenvalue weighted by atomic mass is 16.5. The summed E-state index contributed by atoms with van der Waals surface area (Å²) >= 11 is 0. The molecule has 3 aromatic rings. The molecule has 10 nitrogen and oxygen atoms in total. The Morgan fingerprint density at radius 1 is 1.21 bits per heavy atom. The summed E-state index contributed by atoms with van der Waals surface area (Å²) in [5.41, 5.74) is 8.93. The lowest BCUT2D eigenvalue weighted by atomic mass is 10.1. The number of rotatable bonds is 7. The Morgan fingerprint density at radius 3 is 2.82 bits per heavy atom. The molecule has 178 valence electrons. The molecule has 0 atom stereocenters. The lowest BCUT2D eigenvalue weighted by Crippen LogP contribution is -2.36. The molecule has 2 N–H and O–H groups in total. The third kappa shape index (κ3) is 4.67. The van der Waals surface area contributed by atoms with Crippen LogP contribution in [-0.4, -0.2) is 77.1 Å². The highest BCUT2D eigenvalue weighted by Crippen LogP contribution is 2.28. The SMILES string of the molecule is C/C(=N\Nc1cc(N2CCOCC2)c2ncn(CCN3CCNC3=O)c2n1)c1cccc(C)c1. The second-order valence-electron chi connectivity index (χ2n) is 8.63. The molecule has 34 heavy (non-hydrogen) atoms. The van der Waals surface area contributed by atoms with E-state index in [2.05, 4.69) is 44.8 Å². The zero-order chi connectivity index (χ0) is 23.5. The molecular formula is C24H30N8O2. The molecule has 0 aliphatic carbocycles. The molecule has 0 unspecified atom stereocenters. The van der Waals surface area contributed by atoms with Crippen LogP contribution in [0.2, 0.25) is 0 Å². The van der Waals surface area contributed by atoms with E-state index >= 15 is 0 Å². The van der Waals surface area contributed by atoms with E-state index in [0.29, 0.717) is 38.7 Å². The third-order valence-corrected chi connectivity index (χ3v) is 6.23. The number of hydrogen-bond donors (Lipinski definition) is 2. The van der Waals surface area contributed by atoms with Crippen LogP contribution >= 0.6 is 0 Å². The van der Waals surface area contributed by atoms with Crippen molar-refractivity contribution in [3.63, 3.8) is 0 Å². The average Bonchev–Trinajstić information content (AvgIpc) is 3.46. The molecule has 2 saturated heterocycles. The van der Waals surface area contributed by atoms with Crippen LogP contribution in [0.15, 0.2) is 41.8 Å². The number of aromatic nitrogens is 3. The minimum Gasteiger partial charge on any atom is -0.378 e. The Bertz CT molecular complexity index is 1210. The number of urea groups is 1. The van der Waals surface area contributed by atoms with Crippen molar-refractivity contribution in [3.8, 4) is 0 Å². The highest BCUT2D eigenvalue weighted by molar-refractivity contribution is 5.99. The Labute approximate surface area is 198 Å². The number of imidazole rings is 1. The fraction of sp³-hybridized carbons (Fsp3) is 0.417. The number of ether oxygens (including phenoxy) is 1. The molecule has 0 radical (unpaired) electrons. The second kappa shape index (κ2) is 9.68. The number of anilines is 2. The smallest absolute Gasteiger partial charge is 0.317 e. The molecule has 0 spiro atoms. The van der Waals surface area contributed by atoms with Crippen molar-refractivity contribution in [2.45, 2.75) is 20.4 Å². The number of morpholine rings is 1. The van der Waals surface area contributed by atoms with Gasteiger partial charge in [0.25, 0.3) is 0 Å². The maximum atomic E-state index is 11.9. The summed E-state index contributed by atoms with van der Waals surface area (Å²) in [6.07, 6.45) is 1.81. The topological polar surface area (TPSA) is 99.9 Å². The fourth-order valence-corrected chi connectivity index (χ4v) is 4.31. The van der Waals surface area contributed by atoms with Crippen LogP contribution in [0.5, 0.6) is 0 Å². The van der Waals surface area contributed by atoms with E-state index in [0.717, 1.165) is 47.8 Å². The van der Waals surface area contributed by atoms with Crippen LogP contribution < -0.4 is 15.6 Å². The van der Waals surface area contributed by atoms with Crippen molar-refractivity contribution < 1.29 is 9.53 Å². The van der Waals surface area contributed by atoms with Crippen LogP contribution in [0.4, 0.5) is 16.3 Å². The van der Waals surface area contributed by atoms with E-state index in [1.807, 2.05) is 34.6 Å². The fourth-order valence-electron chi connectivity index (χ4n) is 4.31. The number of pyridine rings is 1. The van der Waals surface area contributed by atoms with Gasteiger partial charge in [0.15, 0.2) is 11.5 Å². The average molecular weight is 463 g/mol. The molecule has 1 aromatic carbocycles. The molecule has 2 fully saturated rings. The number of hydrazone groups is 1. The molecule has 2 aromatic heterocycles. The summed E-state index contributed by atoms with van der Waals surface area (Å²) in [5, 5.41) is 7.45. The van der Waals surface area contributed by atoms with Crippen molar-refractivity contribution in [2.75, 3.05) is 56.3 Å². The first-order valence-corrected chi connectivity index (χ1v) is 11.7. The number of aryl methyl sites for hydroxylation is 1. The van der Waals surface area contributed by atoms with E-state index in [4.69, 9.17) is 9.72 Å². The monoisotopic (exact) mass is 462 g/mol. The van der Waals surface area contributed by atoms with Gasteiger partial charge in [-0.2, -0.15) is 5.10 Å². The van der Waals surface area contributed by atoms with Gasteiger partial charge in [-0.1, -0.05) is 29.8 Å². The number of nitrogens with zero attached hydrogens (tertiary/aromatic N) is 6. The molecule has 5 rings (SSSR count). The maximum Gasteiger partial charge on any atom is 0.317 e. The highest BCUT2D eigenvalue weighted by Gasteiger charge is 2.21. The largest absolute Gasteiger partial charge is 0.378 e. The second-order valence-corrected chi connectivity index (χ2v) is 8.63. The van der Waals surface area contributed by atoms with Crippen LogP contribution in [0.25, 0.3) is 11.2 Å². The lowest BCUT2D eigenvalue weighted by Gasteiger charge is -2.29. The van der Waals surface area contributed by atoms with Crippen LogP contribution in [0, 0.1) is 6.92 Å². The van der Waals surface area contributed by atoms with Crippen molar-refractivity contribution in [1.82, 2.24) is 24.8 Å². The standard InChI is InChI=1S/C24H30N8O2/c1-17-4-3-5-19(14-17)18(2)28-29-21-15-20(30-10-12-34-13-11-30)22-23(27-21)32(16-26-22)9-8-31-7-6-25-24(31)33/h3-5,14-16H,6-13H2,1-2H3,(H,25,33)(H,27,29)/b28-18+. The van der Waals surface area contributed by atoms with Crippen LogP contribution in [-0.2, 0) is 11.3 Å². The normalized spacial score (nSPS) is 16.9. The van der Waals surface area contributed by atoms with Crippen molar-refractivity contribution >= 4 is 34.4 Å². The number of benzene rings is 1. The van der Waals surface area contributed by atoms with Crippen molar-refractivity contribution in [2.24, 2.45) is 5.10 Å². The zero-order valence-electron chi connectivity index (χ0n) is 19.6. The van der Waals surface area contributed by atoms with Crippen molar-refractivity contribution in [3.05, 3.63) is 47.8 Å². The van der Waals surface area contributed by atoms with Gasteiger partial charge in [0, 0.05) is 45.3 Å². The number of fused-ring (bicyclic) bond motifs is 1. The van der Waals surface area contributed by atoms with E-state index in [-0.39, 0.29) is 6.03 Å². The van der Waals surface area contributed by atoms with Crippen LogP contribution in [0.3, 0.4) is 0 Å². The first-order chi connectivity index (χ1) is 16.6. The minimum absolute atomic E-state index is 0.0188. The van der Waals surface area contributed by atoms with E-state index in [1.165, 1.54) is 5.56 Å². The summed E-state index contributed by atoms with van der Waals surface area (Å²) in [6.45, 7) is 9.64. The predicted molar refractivity (Wildman–Crippen MR) is 133 cm³/mol. The van der Waals surface area contributed by atoms with Gasteiger partial charge in [0.05, 0.1) is 30.9 Å². The Hall–Kier alpha value is -3.66. The van der Waals surface area contributed by atoms with Gasteiger partial charge in [-0.15, -0.1) is 0 Å². The number of amides is 2. The first-order valence-electron chi connectivity index (χ1n) is 11.7. The van der Waals surface area contributed by atoms with Gasteiger partial charge in [-0.05, 0) is 19.4 Å².